The van der Waals surface area contributed by atoms with E-state index < -0.39 is 17.8 Å². The van der Waals surface area contributed by atoms with Crippen LogP contribution < -0.4 is 23.7 Å². The Labute approximate surface area is 227 Å². The number of pyridine rings is 1. The fraction of sp³-hybridized carbons (Fsp3) is 0.194. The van der Waals surface area contributed by atoms with Crippen LogP contribution in [0.3, 0.4) is 0 Å². The van der Waals surface area contributed by atoms with Crippen molar-refractivity contribution in [3.63, 3.8) is 0 Å². The lowest BCUT2D eigenvalue weighted by molar-refractivity contribution is -0.697. The van der Waals surface area contributed by atoms with Gasteiger partial charge in [0.15, 0.2) is 18.9 Å². The molecule has 0 aliphatic carbocycles. The number of anilines is 1. The van der Waals surface area contributed by atoms with Crippen molar-refractivity contribution in [2.24, 2.45) is 0 Å². The van der Waals surface area contributed by atoms with Gasteiger partial charge in [-0.1, -0.05) is 0 Å². The van der Waals surface area contributed by atoms with Crippen molar-refractivity contribution in [3.05, 3.63) is 113 Å². The van der Waals surface area contributed by atoms with Crippen molar-refractivity contribution in [2.45, 2.75) is 20.4 Å². The van der Waals surface area contributed by atoms with Crippen LogP contribution in [0.25, 0.3) is 0 Å². The van der Waals surface area contributed by atoms with E-state index in [1.54, 1.807) is 50.2 Å². The van der Waals surface area contributed by atoms with Gasteiger partial charge in [0.25, 0.3) is 0 Å². The van der Waals surface area contributed by atoms with Gasteiger partial charge in [0.05, 0.1) is 11.1 Å². The molecule has 0 N–H and O–H groups in total. The molecule has 4 aromatic rings. The number of carbonyl (C=O) groups excluding carboxylic acids is 2. The van der Waals surface area contributed by atoms with Gasteiger partial charge in [0.2, 0.25) is 0 Å². The average Bonchev–Trinajstić information content (AvgIpc) is 2.93. The molecule has 39 heavy (non-hydrogen) atoms. The van der Waals surface area contributed by atoms with Crippen molar-refractivity contribution in [3.8, 4) is 17.2 Å². The van der Waals surface area contributed by atoms with E-state index in [1.165, 1.54) is 24.3 Å². The Bertz CT molecular complexity index is 1450. The molecular weight excluding hydrogens is 499 g/mol. The minimum Gasteiger partial charge on any atom is -0.487 e. The predicted octanol–water partition coefficient (Wildman–Crippen LogP) is 5.31. The number of benzene rings is 3. The van der Waals surface area contributed by atoms with E-state index in [4.69, 9.17) is 14.2 Å². The van der Waals surface area contributed by atoms with Gasteiger partial charge in [-0.3, -0.25) is 0 Å². The monoisotopic (exact) mass is 529 g/mol. The number of hydrogen-bond acceptors (Lipinski definition) is 6. The second-order valence-electron chi connectivity index (χ2n) is 9.16. The third-order valence-electron chi connectivity index (χ3n) is 6.27. The zero-order valence-electron chi connectivity index (χ0n) is 22.3. The normalized spacial score (nSPS) is 10.6. The maximum atomic E-state index is 13.1. The molecule has 7 nitrogen and oxygen atoms in total. The van der Waals surface area contributed by atoms with Crippen LogP contribution in [0, 0.1) is 19.7 Å². The molecule has 0 aliphatic heterocycles. The molecule has 0 atom stereocenters. The molecular formula is C31H30FN2O5+. The molecule has 8 heteroatoms. The summed E-state index contributed by atoms with van der Waals surface area (Å²) in [5, 5.41) is 0. The largest absolute Gasteiger partial charge is 0.487 e. The van der Waals surface area contributed by atoms with Crippen LogP contribution in [0.4, 0.5) is 10.1 Å². The standard InChI is InChI=1S/C31H30FN2O5/c1-21-22(2)29(14-13-28(21)38-30(35)23-5-9-25(32)10-6-23)39-31(36)24-7-11-27(12-8-24)37-20-19-34-17-15-26(16-18-34)33(3)4/h5-18H,19-20H2,1-4H3/q+1. The highest BCUT2D eigenvalue weighted by molar-refractivity contribution is 5.92. The topological polar surface area (TPSA) is 68.9 Å². The van der Waals surface area contributed by atoms with Crippen LogP contribution in [0.15, 0.2) is 85.2 Å². The molecule has 0 radical (unpaired) electrons. The minimum absolute atomic E-state index is 0.230. The van der Waals surface area contributed by atoms with Gasteiger partial charge in [0.1, 0.15) is 29.7 Å². The van der Waals surface area contributed by atoms with E-state index >= 15 is 0 Å². The average molecular weight is 530 g/mol. The Morgan fingerprint density at radius 2 is 1.23 bits per heavy atom. The summed E-state index contributed by atoms with van der Waals surface area (Å²) in [6, 6.07) is 19.1. The predicted molar refractivity (Wildman–Crippen MR) is 145 cm³/mol. The Hall–Kier alpha value is -4.72. The van der Waals surface area contributed by atoms with Crippen LogP contribution in [0.2, 0.25) is 0 Å². The summed E-state index contributed by atoms with van der Waals surface area (Å²) >= 11 is 0. The summed E-state index contributed by atoms with van der Waals surface area (Å²) < 4.78 is 32.0. The van der Waals surface area contributed by atoms with Crippen molar-refractivity contribution in [1.29, 1.82) is 0 Å². The highest BCUT2D eigenvalue weighted by Gasteiger charge is 2.16. The minimum atomic E-state index is -0.606. The molecule has 0 spiro atoms. The molecule has 1 heterocycles. The van der Waals surface area contributed by atoms with Crippen LogP contribution in [-0.2, 0) is 6.54 Å². The van der Waals surface area contributed by atoms with Gasteiger partial charge in [0, 0.05) is 31.9 Å². The first-order chi connectivity index (χ1) is 18.7. The number of nitrogens with zero attached hydrogens (tertiary/aromatic N) is 2. The highest BCUT2D eigenvalue weighted by atomic mass is 19.1. The molecule has 0 unspecified atom stereocenters. The number of aromatic nitrogens is 1. The maximum absolute atomic E-state index is 13.1. The van der Waals surface area contributed by atoms with Crippen molar-refractivity contribution in [1.82, 2.24) is 0 Å². The number of carbonyl (C=O) groups is 2. The van der Waals surface area contributed by atoms with E-state index in [2.05, 4.69) is 0 Å². The zero-order valence-corrected chi connectivity index (χ0v) is 22.3. The molecule has 1 aromatic heterocycles. The van der Waals surface area contributed by atoms with Crippen LogP contribution >= 0.6 is 0 Å². The maximum Gasteiger partial charge on any atom is 0.343 e. The Balaban J connectivity index is 1.32. The van der Waals surface area contributed by atoms with Gasteiger partial charge in [-0.25, -0.2) is 18.5 Å². The summed E-state index contributed by atoms with van der Waals surface area (Å²) in [6.45, 7) is 4.70. The quantitative estimate of drug-likeness (QED) is 0.166. The lowest BCUT2D eigenvalue weighted by atomic mass is 10.1. The Morgan fingerprint density at radius 1 is 0.744 bits per heavy atom. The molecule has 3 aromatic carbocycles. The first-order valence-corrected chi connectivity index (χ1v) is 12.4. The Morgan fingerprint density at radius 3 is 1.72 bits per heavy atom. The van der Waals surface area contributed by atoms with E-state index in [9.17, 15) is 14.0 Å². The molecule has 200 valence electrons. The van der Waals surface area contributed by atoms with Gasteiger partial charge in [-0.15, -0.1) is 0 Å². The van der Waals surface area contributed by atoms with E-state index in [0.29, 0.717) is 47.1 Å². The fourth-order valence-electron chi connectivity index (χ4n) is 3.75. The van der Waals surface area contributed by atoms with E-state index in [-0.39, 0.29) is 5.56 Å². The number of rotatable bonds is 9. The van der Waals surface area contributed by atoms with Crippen molar-refractivity contribution in [2.75, 3.05) is 25.6 Å². The smallest absolute Gasteiger partial charge is 0.343 e. The van der Waals surface area contributed by atoms with Crippen LogP contribution in [0.1, 0.15) is 31.8 Å². The first-order valence-electron chi connectivity index (χ1n) is 12.4. The summed E-state index contributed by atoms with van der Waals surface area (Å²) in [7, 11) is 4.00. The molecule has 0 saturated carbocycles. The third-order valence-corrected chi connectivity index (χ3v) is 6.27. The van der Waals surface area contributed by atoms with Crippen molar-refractivity contribution < 1.29 is 32.8 Å². The highest BCUT2D eigenvalue weighted by Crippen LogP contribution is 2.30. The number of halogens is 1. The second-order valence-corrected chi connectivity index (χ2v) is 9.16. The SMILES string of the molecule is Cc1c(OC(=O)c2ccc(F)cc2)ccc(OC(=O)c2ccc(OCC[n+]3ccc(N(C)C)cc3)cc2)c1C. The third kappa shape index (κ3) is 6.98. The Kier molecular flexibility index (Phi) is 8.56. The summed E-state index contributed by atoms with van der Waals surface area (Å²) in [4.78, 5) is 27.2. The molecule has 0 bridgehead atoms. The zero-order chi connectivity index (χ0) is 27.9. The lowest BCUT2D eigenvalue weighted by Gasteiger charge is -2.14. The number of ether oxygens (including phenoxy) is 3. The van der Waals surface area contributed by atoms with Crippen molar-refractivity contribution >= 4 is 17.6 Å². The van der Waals surface area contributed by atoms with Gasteiger partial charge < -0.3 is 19.1 Å². The molecule has 0 saturated heterocycles. The van der Waals surface area contributed by atoms with E-state index in [0.717, 1.165) is 5.69 Å². The van der Waals surface area contributed by atoms with Crippen LogP contribution in [0.5, 0.6) is 17.2 Å². The lowest BCUT2D eigenvalue weighted by Crippen LogP contribution is -2.35. The number of esters is 2. The van der Waals surface area contributed by atoms with Gasteiger partial charge in [-0.2, -0.15) is 0 Å². The van der Waals surface area contributed by atoms with Gasteiger partial charge >= 0.3 is 11.9 Å². The fourth-order valence-corrected chi connectivity index (χ4v) is 3.75. The van der Waals surface area contributed by atoms with Gasteiger partial charge in [-0.05, 0) is 85.6 Å². The summed E-state index contributed by atoms with van der Waals surface area (Å²) in [5.74, 6) is -0.224. The second kappa shape index (κ2) is 12.2. The molecule has 0 aliphatic rings. The summed E-state index contributed by atoms with van der Waals surface area (Å²) in [5.41, 5.74) is 3.03. The molecule has 4 rings (SSSR count). The first kappa shape index (κ1) is 27.3. The van der Waals surface area contributed by atoms with Crippen LogP contribution in [-0.4, -0.2) is 32.6 Å². The molecule has 0 fully saturated rings. The summed E-state index contributed by atoms with van der Waals surface area (Å²) in [6.07, 6.45) is 4.01. The number of hydrogen-bond donors (Lipinski definition) is 0. The van der Waals surface area contributed by atoms with E-state index in [1.807, 2.05) is 48.1 Å². The molecule has 0 amide bonds.